The van der Waals surface area contributed by atoms with Gasteiger partial charge in [0.1, 0.15) is 0 Å². The molecule has 0 aliphatic carbocycles. The number of hydrogen-bond acceptors (Lipinski definition) is 2. The summed E-state index contributed by atoms with van der Waals surface area (Å²) in [6.45, 7) is 9.45. The number of nitrogens with one attached hydrogen (secondary N) is 1. The van der Waals surface area contributed by atoms with Gasteiger partial charge in [-0.3, -0.25) is 4.79 Å². The van der Waals surface area contributed by atoms with E-state index < -0.39 is 6.04 Å². The molecule has 0 aliphatic rings. The summed E-state index contributed by atoms with van der Waals surface area (Å²) in [7, 11) is 0. The maximum Gasteiger partial charge on any atom is 0.237 e. The summed E-state index contributed by atoms with van der Waals surface area (Å²) in [5.41, 5.74) is 5.73. The predicted octanol–water partition coefficient (Wildman–Crippen LogP) is 1.05. The van der Waals surface area contributed by atoms with Crippen molar-refractivity contribution in [2.45, 2.75) is 39.3 Å². The van der Waals surface area contributed by atoms with E-state index in [1.165, 1.54) is 0 Å². The van der Waals surface area contributed by atoms with Gasteiger partial charge in [0, 0.05) is 6.04 Å². The first-order chi connectivity index (χ1) is 6.02. The summed E-state index contributed by atoms with van der Waals surface area (Å²) in [5.74, 6) is 0.124. The summed E-state index contributed by atoms with van der Waals surface area (Å²) in [4.78, 5) is 11.4. The molecule has 0 aromatic rings. The third-order valence-electron chi connectivity index (χ3n) is 2.28. The molecule has 3 N–H and O–H groups in total. The van der Waals surface area contributed by atoms with Crippen LogP contribution in [0.15, 0.2) is 12.7 Å². The maximum absolute atomic E-state index is 11.4. The molecule has 0 rings (SSSR count). The van der Waals surface area contributed by atoms with Crippen LogP contribution in [0.4, 0.5) is 0 Å². The van der Waals surface area contributed by atoms with Crippen molar-refractivity contribution < 1.29 is 4.79 Å². The number of amides is 1. The van der Waals surface area contributed by atoms with Crippen molar-refractivity contribution in [3.8, 4) is 0 Å². The summed E-state index contributed by atoms with van der Waals surface area (Å²) in [5, 5.41) is 2.76. The van der Waals surface area contributed by atoms with Gasteiger partial charge in [-0.15, -0.1) is 6.58 Å². The molecular formula is C10H20N2O. The Labute approximate surface area is 80.4 Å². The third-order valence-corrected chi connectivity index (χ3v) is 2.28. The van der Waals surface area contributed by atoms with Gasteiger partial charge in [-0.25, -0.2) is 0 Å². The molecule has 3 nitrogen and oxygen atoms in total. The van der Waals surface area contributed by atoms with Crippen molar-refractivity contribution in [1.82, 2.24) is 5.32 Å². The van der Waals surface area contributed by atoms with E-state index in [4.69, 9.17) is 5.73 Å². The van der Waals surface area contributed by atoms with Crippen molar-refractivity contribution in [2.75, 3.05) is 0 Å². The lowest BCUT2D eigenvalue weighted by Crippen LogP contribution is -2.47. The predicted molar refractivity (Wildman–Crippen MR) is 55.2 cm³/mol. The highest BCUT2D eigenvalue weighted by molar-refractivity contribution is 5.82. The van der Waals surface area contributed by atoms with E-state index in [1.54, 1.807) is 6.08 Å². The smallest absolute Gasteiger partial charge is 0.237 e. The van der Waals surface area contributed by atoms with Crippen LogP contribution in [-0.4, -0.2) is 18.0 Å². The van der Waals surface area contributed by atoms with Crippen LogP contribution in [0.5, 0.6) is 0 Å². The van der Waals surface area contributed by atoms with E-state index in [1.807, 2.05) is 20.8 Å². The normalized spacial score (nSPS) is 17.2. The van der Waals surface area contributed by atoms with Crippen LogP contribution in [0.2, 0.25) is 0 Å². The summed E-state index contributed by atoms with van der Waals surface area (Å²) < 4.78 is 0. The summed E-state index contributed by atoms with van der Waals surface area (Å²) >= 11 is 0. The lowest BCUT2D eigenvalue weighted by Gasteiger charge is -2.19. The Morgan fingerprint density at radius 3 is 2.54 bits per heavy atom. The van der Waals surface area contributed by atoms with Gasteiger partial charge >= 0.3 is 0 Å². The molecule has 0 aromatic heterocycles. The SMILES string of the molecule is C=CC(C)NC(=O)C(N)C(C)CC. The van der Waals surface area contributed by atoms with Crippen LogP contribution in [0.3, 0.4) is 0 Å². The molecule has 0 bridgehead atoms. The van der Waals surface area contributed by atoms with Crippen molar-refractivity contribution in [3.63, 3.8) is 0 Å². The Kier molecular flexibility index (Phi) is 5.39. The molecule has 0 aliphatic heterocycles. The van der Waals surface area contributed by atoms with E-state index in [9.17, 15) is 4.79 Å². The van der Waals surface area contributed by atoms with Gasteiger partial charge in [0.2, 0.25) is 5.91 Å². The van der Waals surface area contributed by atoms with Crippen LogP contribution >= 0.6 is 0 Å². The van der Waals surface area contributed by atoms with E-state index in [-0.39, 0.29) is 17.9 Å². The van der Waals surface area contributed by atoms with Gasteiger partial charge in [0.05, 0.1) is 6.04 Å². The highest BCUT2D eigenvalue weighted by atomic mass is 16.2. The van der Waals surface area contributed by atoms with Gasteiger partial charge in [0.25, 0.3) is 0 Å². The van der Waals surface area contributed by atoms with Gasteiger partial charge in [0.15, 0.2) is 0 Å². The van der Waals surface area contributed by atoms with Crippen molar-refractivity contribution in [2.24, 2.45) is 11.7 Å². The van der Waals surface area contributed by atoms with Gasteiger partial charge in [-0.05, 0) is 12.8 Å². The number of carbonyl (C=O) groups excluding carboxylic acids is 1. The van der Waals surface area contributed by atoms with Crippen molar-refractivity contribution in [3.05, 3.63) is 12.7 Å². The van der Waals surface area contributed by atoms with Gasteiger partial charge < -0.3 is 11.1 Å². The fourth-order valence-corrected chi connectivity index (χ4v) is 0.892. The Bertz CT molecular complexity index is 180. The van der Waals surface area contributed by atoms with Crippen LogP contribution in [0, 0.1) is 5.92 Å². The third kappa shape index (κ3) is 4.08. The maximum atomic E-state index is 11.4. The molecule has 3 atom stereocenters. The van der Waals surface area contributed by atoms with E-state index >= 15 is 0 Å². The first kappa shape index (κ1) is 12.2. The van der Waals surface area contributed by atoms with Gasteiger partial charge in [-0.1, -0.05) is 26.3 Å². The molecular weight excluding hydrogens is 164 g/mol. The Morgan fingerprint density at radius 2 is 2.15 bits per heavy atom. The molecule has 76 valence electrons. The molecule has 1 amide bonds. The quantitative estimate of drug-likeness (QED) is 0.627. The fourth-order valence-electron chi connectivity index (χ4n) is 0.892. The second-order valence-electron chi connectivity index (χ2n) is 3.44. The minimum Gasteiger partial charge on any atom is -0.349 e. The van der Waals surface area contributed by atoms with Crippen LogP contribution in [0.1, 0.15) is 27.2 Å². The van der Waals surface area contributed by atoms with E-state index in [0.717, 1.165) is 6.42 Å². The second kappa shape index (κ2) is 5.75. The molecule has 0 aromatic carbocycles. The molecule has 3 unspecified atom stereocenters. The number of nitrogens with two attached hydrogens (primary N) is 1. The summed E-state index contributed by atoms with van der Waals surface area (Å²) in [6, 6.07) is -0.421. The lowest BCUT2D eigenvalue weighted by molar-refractivity contribution is -0.123. The first-order valence-electron chi connectivity index (χ1n) is 4.71. The van der Waals surface area contributed by atoms with Crippen LogP contribution in [0.25, 0.3) is 0 Å². The fraction of sp³-hybridized carbons (Fsp3) is 0.700. The first-order valence-corrected chi connectivity index (χ1v) is 4.71. The second-order valence-corrected chi connectivity index (χ2v) is 3.44. The van der Waals surface area contributed by atoms with Crippen LogP contribution < -0.4 is 11.1 Å². The molecule has 0 heterocycles. The minimum atomic E-state index is -0.410. The zero-order valence-electron chi connectivity index (χ0n) is 8.71. The molecule has 0 radical (unpaired) electrons. The Hall–Kier alpha value is -0.830. The van der Waals surface area contributed by atoms with Crippen LogP contribution in [-0.2, 0) is 4.79 Å². The lowest BCUT2D eigenvalue weighted by atomic mass is 9.99. The zero-order valence-corrected chi connectivity index (χ0v) is 8.71. The topological polar surface area (TPSA) is 55.1 Å². The Morgan fingerprint density at radius 1 is 1.62 bits per heavy atom. The largest absolute Gasteiger partial charge is 0.349 e. The van der Waals surface area contributed by atoms with Crippen molar-refractivity contribution in [1.29, 1.82) is 0 Å². The monoisotopic (exact) mass is 184 g/mol. The molecule has 3 heteroatoms. The minimum absolute atomic E-state index is 0.0115. The highest BCUT2D eigenvalue weighted by Crippen LogP contribution is 2.05. The zero-order chi connectivity index (χ0) is 10.4. The number of carbonyl (C=O) groups is 1. The van der Waals surface area contributed by atoms with E-state index in [2.05, 4.69) is 11.9 Å². The number of hydrogen-bond donors (Lipinski definition) is 2. The van der Waals surface area contributed by atoms with E-state index in [0.29, 0.717) is 0 Å². The molecule has 0 spiro atoms. The molecule has 0 saturated carbocycles. The molecule has 0 saturated heterocycles. The highest BCUT2D eigenvalue weighted by Gasteiger charge is 2.19. The average Bonchev–Trinajstić information content (AvgIpc) is 2.14. The molecule has 0 fully saturated rings. The summed E-state index contributed by atoms with van der Waals surface area (Å²) in [6.07, 6.45) is 2.60. The van der Waals surface area contributed by atoms with Gasteiger partial charge in [-0.2, -0.15) is 0 Å². The van der Waals surface area contributed by atoms with Crippen molar-refractivity contribution >= 4 is 5.91 Å². The number of rotatable bonds is 5. The average molecular weight is 184 g/mol. The Balaban J connectivity index is 4.03. The molecule has 13 heavy (non-hydrogen) atoms. The standard InChI is InChI=1S/C10H20N2O/c1-5-7(3)9(11)10(13)12-8(4)6-2/h6-9H,2,5,11H2,1,3-4H3,(H,12,13).